The number of aromatic carboxylic acids is 1. The first-order valence-corrected chi connectivity index (χ1v) is 5.88. The fourth-order valence-corrected chi connectivity index (χ4v) is 2.23. The molecule has 0 aliphatic carbocycles. The van der Waals surface area contributed by atoms with Crippen LogP contribution in [0.25, 0.3) is 11.3 Å². The largest absolute Gasteiger partial charge is 0.496 e. The number of rotatable bonds is 3. The van der Waals surface area contributed by atoms with Crippen LogP contribution in [0.15, 0.2) is 27.2 Å². The Morgan fingerprint density at radius 3 is 2.83 bits per heavy atom. The Bertz CT molecular complexity index is 606. The van der Waals surface area contributed by atoms with Gasteiger partial charge >= 0.3 is 5.97 Å². The van der Waals surface area contributed by atoms with E-state index in [1.165, 1.54) is 7.11 Å². The fourth-order valence-electron chi connectivity index (χ4n) is 1.70. The van der Waals surface area contributed by atoms with E-state index < -0.39 is 5.97 Å². The van der Waals surface area contributed by atoms with E-state index in [9.17, 15) is 9.90 Å². The van der Waals surface area contributed by atoms with Gasteiger partial charge in [-0.05, 0) is 35.0 Å². The van der Waals surface area contributed by atoms with Gasteiger partial charge in [-0.1, -0.05) is 11.2 Å². The van der Waals surface area contributed by atoms with E-state index in [4.69, 9.17) is 9.26 Å². The molecule has 0 amide bonds. The Hall–Kier alpha value is -1.82. The molecular weight excluding hydrogens is 302 g/mol. The Balaban J connectivity index is 2.73. The lowest BCUT2D eigenvalue weighted by molar-refractivity contribution is 0.0696. The van der Waals surface area contributed by atoms with Crippen LogP contribution in [0.1, 0.15) is 16.1 Å². The SMILES string of the molecule is COc1cccc(Br)c1-c1noc(C)c1C(=O)O. The standard InChI is InChI=1S/C12H10BrNO4/c1-6-9(12(15)16)11(14-18-6)10-7(13)4-3-5-8(10)17-2/h3-5H,1-2H3,(H,15,16). The smallest absolute Gasteiger partial charge is 0.341 e. The third kappa shape index (κ3) is 1.99. The molecule has 2 aromatic rings. The maximum atomic E-state index is 11.2. The van der Waals surface area contributed by atoms with Crippen LogP contribution in [0.2, 0.25) is 0 Å². The highest BCUT2D eigenvalue weighted by Crippen LogP contribution is 2.38. The summed E-state index contributed by atoms with van der Waals surface area (Å²) < 4.78 is 10.9. The van der Waals surface area contributed by atoms with E-state index in [-0.39, 0.29) is 17.0 Å². The van der Waals surface area contributed by atoms with Gasteiger partial charge in [0.25, 0.3) is 0 Å². The predicted molar refractivity (Wildman–Crippen MR) is 67.9 cm³/mol. The quantitative estimate of drug-likeness (QED) is 0.942. The van der Waals surface area contributed by atoms with E-state index >= 15 is 0 Å². The summed E-state index contributed by atoms with van der Waals surface area (Å²) in [4.78, 5) is 11.2. The van der Waals surface area contributed by atoms with E-state index in [1.54, 1.807) is 25.1 Å². The number of carboxylic acid groups (broad SMARTS) is 1. The molecule has 0 aliphatic heterocycles. The second-order valence-electron chi connectivity index (χ2n) is 3.58. The van der Waals surface area contributed by atoms with Crippen molar-refractivity contribution in [3.63, 3.8) is 0 Å². The summed E-state index contributed by atoms with van der Waals surface area (Å²) in [6.07, 6.45) is 0. The molecule has 2 rings (SSSR count). The first-order valence-electron chi connectivity index (χ1n) is 5.08. The second-order valence-corrected chi connectivity index (χ2v) is 4.44. The number of methoxy groups -OCH3 is 1. The molecule has 1 aromatic heterocycles. The van der Waals surface area contributed by atoms with Gasteiger partial charge in [-0.3, -0.25) is 0 Å². The van der Waals surface area contributed by atoms with Gasteiger partial charge in [0, 0.05) is 4.47 Å². The number of aryl methyl sites for hydroxylation is 1. The molecule has 0 saturated heterocycles. The summed E-state index contributed by atoms with van der Waals surface area (Å²) in [6, 6.07) is 5.31. The molecule has 0 aliphatic rings. The number of aromatic nitrogens is 1. The van der Waals surface area contributed by atoms with Crippen molar-refractivity contribution in [1.29, 1.82) is 0 Å². The molecule has 0 atom stereocenters. The van der Waals surface area contributed by atoms with Gasteiger partial charge in [0.05, 0.1) is 12.7 Å². The van der Waals surface area contributed by atoms with Gasteiger partial charge in [0.2, 0.25) is 0 Å². The molecule has 1 aromatic carbocycles. The topological polar surface area (TPSA) is 72.6 Å². The van der Waals surface area contributed by atoms with Crippen molar-refractivity contribution in [2.45, 2.75) is 6.92 Å². The molecule has 1 heterocycles. The summed E-state index contributed by atoms with van der Waals surface area (Å²) >= 11 is 3.36. The lowest BCUT2D eigenvalue weighted by Gasteiger charge is -2.08. The molecule has 94 valence electrons. The molecule has 1 N–H and O–H groups in total. The van der Waals surface area contributed by atoms with Crippen molar-refractivity contribution >= 4 is 21.9 Å². The zero-order valence-corrected chi connectivity index (χ0v) is 11.3. The van der Waals surface area contributed by atoms with Crippen LogP contribution in [0.3, 0.4) is 0 Å². The minimum Gasteiger partial charge on any atom is -0.496 e. The first kappa shape index (κ1) is 12.6. The molecular formula is C12H10BrNO4. The van der Waals surface area contributed by atoms with E-state index in [1.807, 2.05) is 0 Å². The van der Waals surface area contributed by atoms with Crippen molar-refractivity contribution in [2.75, 3.05) is 7.11 Å². The number of ether oxygens (including phenoxy) is 1. The number of nitrogens with zero attached hydrogens (tertiary/aromatic N) is 1. The Morgan fingerprint density at radius 2 is 2.22 bits per heavy atom. The summed E-state index contributed by atoms with van der Waals surface area (Å²) in [5, 5.41) is 13.0. The van der Waals surface area contributed by atoms with Crippen LogP contribution < -0.4 is 4.74 Å². The third-order valence-corrected chi connectivity index (χ3v) is 3.17. The van der Waals surface area contributed by atoms with Gasteiger partial charge in [-0.25, -0.2) is 4.79 Å². The monoisotopic (exact) mass is 311 g/mol. The molecule has 18 heavy (non-hydrogen) atoms. The average Bonchev–Trinajstić information content (AvgIpc) is 2.70. The van der Waals surface area contributed by atoms with Crippen LogP contribution in [0, 0.1) is 6.92 Å². The van der Waals surface area contributed by atoms with E-state index in [0.717, 1.165) is 0 Å². The lowest BCUT2D eigenvalue weighted by atomic mass is 10.1. The van der Waals surface area contributed by atoms with Crippen LogP contribution >= 0.6 is 15.9 Å². The highest BCUT2D eigenvalue weighted by molar-refractivity contribution is 9.10. The molecule has 0 saturated carbocycles. The lowest BCUT2D eigenvalue weighted by Crippen LogP contribution is -2.00. The summed E-state index contributed by atoms with van der Waals surface area (Å²) in [5.74, 6) is -0.294. The maximum absolute atomic E-state index is 11.2. The minimum absolute atomic E-state index is 0.0419. The fraction of sp³-hybridized carbons (Fsp3) is 0.167. The Labute approximate surface area is 111 Å². The van der Waals surface area contributed by atoms with Crippen molar-refractivity contribution in [3.8, 4) is 17.0 Å². The molecule has 0 unspecified atom stereocenters. The van der Waals surface area contributed by atoms with E-state index in [0.29, 0.717) is 15.8 Å². The number of hydrogen-bond donors (Lipinski definition) is 1. The zero-order valence-electron chi connectivity index (χ0n) is 9.73. The number of hydrogen-bond acceptors (Lipinski definition) is 4. The van der Waals surface area contributed by atoms with Crippen LogP contribution in [-0.4, -0.2) is 23.3 Å². The summed E-state index contributed by atoms with van der Waals surface area (Å²) in [5.41, 5.74) is 0.860. The number of benzene rings is 1. The summed E-state index contributed by atoms with van der Waals surface area (Å²) in [7, 11) is 1.51. The van der Waals surface area contributed by atoms with E-state index in [2.05, 4.69) is 21.1 Å². The van der Waals surface area contributed by atoms with Gasteiger partial charge in [-0.2, -0.15) is 0 Å². The van der Waals surface area contributed by atoms with Crippen LogP contribution in [0.5, 0.6) is 5.75 Å². The Kier molecular flexibility index (Phi) is 3.38. The molecule has 5 nitrogen and oxygen atoms in total. The first-order chi connectivity index (χ1) is 8.56. The van der Waals surface area contributed by atoms with Crippen molar-refractivity contribution < 1.29 is 19.2 Å². The number of halogens is 1. The maximum Gasteiger partial charge on any atom is 0.341 e. The van der Waals surface area contributed by atoms with Crippen molar-refractivity contribution in [2.24, 2.45) is 0 Å². The normalized spacial score (nSPS) is 10.4. The highest BCUT2D eigenvalue weighted by Gasteiger charge is 2.24. The van der Waals surface area contributed by atoms with Crippen molar-refractivity contribution in [3.05, 3.63) is 34.0 Å². The van der Waals surface area contributed by atoms with Gasteiger partial charge < -0.3 is 14.4 Å². The number of carboxylic acids is 1. The second kappa shape index (κ2) is 4.81. The Morgan fingerprint density at radius 1 is 1.50 bits per heavy atom. The summed E-state index contributed by atoms with van der Waals surface area (Å²) in [6.45, 7) is 1.56. The van der Waals surface area contributed by atoms with Crippen LogP contribution in [0.4, 0.5) is 0 Å². The molecule has 6 heteroatoms. The predicted octanol–water partition coefficient (Wildman–Crippen LogP) is 3.12. The average molecular weight is 312 g/mol. The van der Waals surface area contributed by atoms with Crippen molar-refractivity contribution in [1.82, 2.24) is 5.16 Å². The van der Waals surface area contributed by atoms with Gasteiger partial charge in [-0.15, -0.1) is 0 Å². The zero-order chi connectivity index (χ0) is 13.3. The highest BCUT2D eigenvalue weighted by atomic mass is 79.9. The number of carbonyl (C=O) groups is 1. The van der Waals surface area contributed by atoms with Gasteiger partial charge in [0.1, 0.15) is 22.8 Å². The molecule has 0 radical (unpaired) electrons. The van der Waals surface area contributed by atoms with Gasteiger partial charge in [0.15, 0.2) is 0 Å². The van der Waals surface area contributed by atoms with Crippen LogP contribution in [-0.2, 0) is 0 Å². The minimum atomic E-state index is -1.08. The molecule has 0 spiro atoms. The molecule has 0 fully saturated rings. The molecule has 0 bridgehead atoms. The third-order valence-electron chi connectivity index (χ3n) is 2.51.